The maximum Gasteiger partial charge on any atom is 0.262 e. The Bertz CT molecular complexity index is 672. The number of halogens is 1. The van der Waals surface area contributed by atoms with Gasteiger partial charge in [0.05, 0.1) is 11.8 Å². The molecule has 3 rings (SSSR count). The number of pyridine rings is 1. The van der Waals surface area contributed by atoms with E-state index in [9.17, 15) is 9.18 Å². The van der Waals surface area contributed by atoms with Crippen molar-refractivity contribution >= 4 is 17.4 Å². The third-order valence-electron chi connectivity index (χ3n) is 3.47. The SMILES string of the molecule is Nc1ncc(F)cc1C(=O)N1CCCc2ccccc21. The van der Waals surface area contributed by atoms with Crippen molar-refractivity contribution in [3.8, 4) is 0 Å². The van der Waals surface area contributed by atoms with Crippen LogP contribution in [-0.4, -0.2) is 17.4 Å². The van der Waals surface area contributed by atoms with Gasteiger partial charge in [-0.1, -0.05) is 18.2 Å². The third-order valence-corrected chi connectivity index (χ3v) is 3.47. The lowest BCUT2D eigenvalue weighted by atomic mass is 10.0. The first-order valence-electron chi connectivity index (χ1n) is 6.47. The van der Waals surface area contributed by atoms with Gasteiger partial charge in [0.1, 0.15) is 11.6 Å². The number of aromatic nitrogens is 1. The highest BCUT2D eigenvalue weighted by Gasteiger charge is 2.25. The van der Waals surface area contributed by atoms with E-state index in [1.165, 1.54) is 0 Å². The van der Waals surface area contributed by atoms with Crippen LogP contribution in [0.2, 0.25) is 0 Å². The van der Waals surface area contributed by atoms with E-state index in [2.05, 4.69) is 4.98 Å². The molecule has 1 aromatic carbocycles. The Morgan fingerprint density at radius 3 is 3.00 bits per heavy atom. The van der Waals surface area contributed by atoms with Crippen molar-refractivity contribution < 1.29 is 9.18 Å². The minimum absolute atomic E-state index is 0.0551. The maximum atomic E-state index is 13.3. The number of nitrogens with two attached hydrogens (primary N) is 1. The molecule has 1 aliphatic rings. The van der Waals surface area contributed by atoms with E-state index in [4.69, 9.17) is 5.73 Å². The summed E-state index contributed by atoms with van der Waals surface area (Å²) in [6.07, 6.45) is 2.83. The topological polar surface area (TPSA) is 59.2 Å². The standard InChI is InChI=1S/C15H14FN3O/c16-11-8-12(14(17)18-9-11)15(20)19-7-3-5-10-4-1-2-6-13(10)19/h1-2,4,6,8-9H,3,5,7H2,(H2,17,18). The first-order chi connectivity index (χ1) is 9.66. The quantitative estimate of drug-likeness (QED) is 0.866. The fourth-order valence-electron chi connectivity index (χ4n) is 2.51. The van der Waals surface area contributed by atoms with E-state index >= 15 is 0 Å². The summed E-state index contributed by atoms with van der Waals surface area (Å²) in [7, 11) is 0. The average Bonchev–Trinajstić information content (AvgIpc) is 2.48. The number of hydrogen-bond donors (Lipinski definition) is 1. The number of hydrogen-bond acceptors (Lipinski definition) is 3. The number of benzene rings is 1. The molecule has 2 aromatic rings. The Hall–Kier alpha value is -2.43. The van der Waals surface area contributed by atoms with Gasteiger partial charge in [-0.25, -0.2) is 9.37 Å². The minimum atomic E-state index is -0.562. The monoisotopic (exact) mass is 271 g/mol. The molecule has 1 aliphatic heterocycles. The van der Waals surface area contributed by atoms with Crippen LogP contribution < -0.4 is 10.6 Å². The predicted octanol–water partition coefficient (Wildman–Crippen LogP) is 2.40. The molecule has 0 bridgehead atoms. The molecule has 0 saturated carbocycles. The smallest absolute Gasteiger partial charge is 0.262 e. The van der Waals surface area contributed by atoms with Crippen LogP contribution in [0.3, 0.4) is 0 Å². The van der Waals surface area contributed by atoms with Crippen LogP contribution >= 0.6 is 0 Å². The Balaban J connectivity index is 2.02. The van der Waals surface area contributed by atoms with Gasteiger partial charge >= 0.3 is 0 Å². The molecule has 0 saturated heterocycles. The molecule has 2 heterocycles. The number of carbonyl (C=O) groups excluding carboxylic acids is 1. The Morgan fingerprint density at radius 2 is 2.15 bits per heavy atom. The number of anilines is 2. The normalized spacial score (nSPS) is 13.9. The zero-order valence-electron chi connectivity index (χ0n) is 10.8. The number of aryl methyl sites for hydroxylation is 1. The second kappa shape index (κ2) is 4.92. The fourth-order valence-corrected chi connectivity index (χ4v) is 2.51. The molecule has 5 heteroatoms. The molecule has 0 unspecified atom stereocenters. The summed E-state index contributed by atoms with van der Waals surface area (Å²) in [5.41, 5.74) is 7.79. The highest BCUT2D eigenvalue weighted by molar-refractivity contribution is 6.09. The molecule has 0 aliphatic carbocycles. The molecule has 2 N–H and O–H groups in total. The van der Waals surface area contributed by atoms with Gasteiger partial charge in [-0.05, 0) is 30.5 Å². The van der Waals surface area contributed by atoms with Crippen LogP contribution in [0.4, 0.5) is 15.9 Å². The van der Waals surface area contributed by atoms with Crippen molar-refractivity contribution in [2.45, 2.75) is 12.8 Å². The van der Waals surface area contributed by atoms with Crippen molar-refractivity contribution in [2.24, 2.45) is 0 Å². The van der Waals surface area contributed by atoms with Gasteiger partial charge in [0.25, 0.3) is 5.91 Å². The summed E-state index contributed by atoms with van der Waals surface area (Å²) in [5, 5.41) is 0. The third kappa shape index (κ3) is 2.11. The van der Waals surface area contributed by atoms with Gasteiger partial charge in [0.2, 0.25) is 0 Å². The summed E-state index contributed by atoms with van der Waals surface area (Å²) in [6.45, 7) is 0.603. The van der Waals surface area contributed by atoms with Crippen LogP contribution in [0.5, 0.6) is 0 Å². The molecule has 0 spiro atoms. The van der Waals surface area contributed by atoms with Crippen LogP contribution in [0, 0.1) is 5.82 Å². The van der Waals surface area contributed by atoms with E-state index in [0.717, 1.165) is 36.4 Å². The Labute approximate surface area is 116 Å². The van der Waals surface area contributed by atoms with Gasteiger partial charge in [-0.2, -0.15) is 0 Å². The summed E-state index contributed by atoms with van der Waals surface area (Å²) in [4.78, 5) is 17.9. The largest absolute Gasteiger partial charge is 0.383 e. The number of nitrogen functional groups attached to an aromatic ring is 1. The molecule has 102 valence electrons. The molecule has 1 aromatic heterocycles. The summed E-state index contributed by atoms with van der Waals surface area (Å²) in [6, 6.07) is 8.88. The van der Waals surface area contributed by atoms with E-state index < -0.39 is 5.82 Å². The van der Waals surface area contributed by atoms with Crippen molar-refractivity contribution in [3.05, 3.63) is 53.5 Å². The van der Waals surface area contributed by atoms with Crippen molar-refractivity contribution in [3.63, 3.8) is 0 Å². The highest BCUT2D eigenvalue weighted by Crippen LogP contribution is 2.28. The molecule has 1 amide bonds. The van der Waals surface area contributed by atoms with Crippen molar-refractivity contribution in [2.75, 3.05) is 17.2 Å². The molecule has 0 fully saturated rings. The van der Waals surface area contributed by atoms with Gasteiger partial charge in [-0.15, -0.1) is 0 Å². The summed E-state index contributed by atoms with van der Waals surface area (Å²) in [5.74, 6) is -0.811. The first-order valence-corrected chi connectivity index (χ1v) is 6.47. The van der Waals surface area contributed by atoms with Crippen molar-refractivity contribution in [1.82, 2.24) is 4.98 Å². The summed E-state index contributed by atoms with van der Waals surface area (Å²) < 4.78 is 13.3. The number of nitrogens with zero attached hydrogens (tertiary/aromatic N) is 2. The fraction of sp³-hybridized carbons (Fsp3) is 0.200. The van der Waals surface area contributed by atoms with E-state index in [1.807, 2.05) is 24.3 Å². The summed E-state index contributed by atoms with van der Waals surface area (Å²) >= 11 is 0. The number of rotatable bonds is 1. The van der Waals surface area contributed by atoms with Gasteiger partial charge in [0, 0.05) is 12.2 Å². The second-order valence-electron chi connectivity index (χ2n) is 4.78. The van der Waals surface area contributed by atoms with E-state index in [0.29, 0.717) is 6.54 Å². The molecular weight excluding hydrogens is 257 g/mol. The lowest BCUT2D eigenvalue weighted by Crippen LogP contribution is -2.36. The lowest BCUT2D eigenvalue weighted by molar-refractivity contribution is 0.0985. The first kappa shape index (κ1) is 12.6. The van der Waals surface area contributed by atoms with Crippen LogP contribution in [0.25, 0.3) is 0 Å². The maximum absolute atomic E-state index is 13.3. The van der Waals surface area contributed by atoms with Gasteiger partial charge in [-0.3, -0.25) is 4.79 Å². The van der Waals surface area contributed by atoms with Gasteiger partial charge < -0.3 is 10.6 Å². The Morgan fingerprint density at radius 1 is 1.35 bits per heavy atom. The van der Waals surface area contributed by atoms with Gasteiger partial charge in [0.15, 0.2) is 0 Å². The average molecular weight is 271 g/mol. The number of carbonyl (C=O) groups is 1. The van der Waals surface area contributed by atoms with Crippen LogP contribution in [0.15, 0.2) is 36.5 Å². The second-order valence-corrected chi connectivity index (χ2v) is 4.78. The Kier molecular flexibility index (Phi) is 3.10. The number of amides is 1. The molecule has 0 atom stereocenters. The van der Waals surface area contributed by atoms with E-state index in [-0.39, 0.29) is 17.3 Å². The molecular formula is C15H14FN3O. The zero-order chi connectivity index (χ0) is 14.1. The minimum Gasteiger partial charge on any atom is -0.383 e. The van der Waals surface area contributed by atoms with Crippen LogP contribution in [-0.2, 0) is 6.42 Å². The van der Waals surface area contributed by atoms with Crippen molar-refractivity contribution in [1.29, 1.82) is 0 Å². The number of para-hydroxylation sites is 1. The zero-order valence-corrected chi connectivity index (χ0v) is 10.8. The lowest BCUT2D eigenvalue weighted by Gasteiger charge is -2.29. The van der Waals surface area contributed by atoms with Crippen LogP contribution in [0.1, 0.15) is 22.3 Å². The molecule has 0 radical (unpaired) electrons. The predicted molar refractivity (Wildman–Crippen MR) is 75.0 cm³/mol. The molecule has 20 heavy (non-hydrogen) atoms. The molecule has 4 nitrogen and oxygen atoms in total. The number of fused-ring (bicyclic) bond motifs is 1. The van der Waals surface area contributed by atoms with E-state index in [1.54, 1.807) is 4.90 Å². The highest BCUT2D eigenvalue weighted by atomic mass is 19.1.